The lowest BCUT2D eigenvalue weighted by Gasteiger charge is -2.39. The number of rotatable bonds is 2. The molecule has 0 unspecified atom stereocenters. The lowest BCUT2D eigenvalue weighted by molar-refractivity contribution is -0.383. The van der Waals surface area contributed by atoms with Gasteiger partial charge in [0.15, 0.2) is 0 Å². The van der Waals surface area contributed by atoms with E-state index >= 15 is 0 Å². The van der Waals surface area contributed by atoms with Crippen LogP contribution in [0.2, 0.25) is 0 Å². The molecule has 2 heterocycles. The van der Waals surface area contributed by atoms with Gasteiger partial charge in [-0.15, -0.1) is 12.4 Å². The van der Waals surface area contributed by atoms with Crippen molar-refractivity contribution in [3.63, 3.8) is 0 Å². The number of hydrogen-bond acceptors (Lipinski definition) is 5. The van der Waals surface area contributed by atoms with E-state index in [0.717, 1.165) is 32.4 Å². The Labute approximate surface area is 140 Å². The van der Waals surface area contributed by atoms with E-state index in [4.69, 9.17) is 5.73 Å². The van der Waals surface area contributed by atoms with Gasteiger partial charge in [-0.1, -0.05) is 6.07 Å². The van der Waals surface area contributed by atoms with E-state index in [0.29, 0.717) is 18.5 Å². The summed E-state index contributed by atoms with van der Waals surface area (Å²) in [6.45, 7) is 3.44. The first-order valence-corrected chi connectivity index (χ1v) is 7.55. The molecule has 2 aliphatic heterocycles. The third kappa shape index (κ3) is 3.25. The van der Waals surface area contributed by atoms with E-state index in [-0.39, 0.29) is 35.3 Å². The normalized spacial score (nSPS) is 19.4. The molecule has 126 valence electrons. The van der Waals surface area contributed by atoms with Crippen molar-refractivity contribution in [2.45, 2.75) is 19.3 Å². The van der Waals surface area contributed by atoms with Crippen LogP contribution in [0.15, 0.2) is 18.2 Å². The topological polar surface area (TPSA) is 102 Å². The second-order valence-corrected chi connectivity index (χ2v) is 6.21. The fourth-order valence-corrected chi connectivity index (χ4v) is 3.48. The third-order valence-corrected chi connectivity index (χ3v) is 4.95. The number of nitrogens with one attached hydrogen (secondary N) is 1. The van der Waals surface area contributed by atoms with Crippen LogP contribution in [0.3, 0.4) is 0 Å². The van der Waals surface area contributed by atoms with Crippen molar-refractivity contribution in [3.8, 4) is 0 Å². The van der Waals surface area contributed by atoms with Crippen molar-refractivity contribution in [3.05, 3.63) is 33.9 Å². The molecular weight excluding hydrogens is 320 g/mol. The molecule has 2 saturated heterocycles. The first-order valence-electron chi connectivity index (χ1n) is 7.55. The molecule has 0 atom stereocenters. The molecule has 0 aromatic heterocycles. The summed E-state index contributed by atoms with van der Waals surface area (Å²) in [5.74, 6) is -0.206. The number of nitrogens with zero attached hydrogens (tertiary/aromatic N) is 2. The van der Waals surface area contributed by atoms with Crippen LogP contribution in [0.4, 0.5) is 11.4 Å². The Kier molecular flexibility index (Phi) is 5.11. The van der Waals surface area contributed by atoms with E-state index in [1.165, 1.54) is 12.1 Å². The molecule has 23 heavy (non-hydrogen) atoms. The van der Waals surface area contributed by atoms with Gasteiger partial charge in [0.2, 0.25) is 0 Å². The number of piperidine rings is 1. The first kappa shape index (κ1) is 17.5. The van der Waals surface area contributed by atoms with Crippen LogP contribution in [-0.4, -0.2) is 41.9 Å². The van der Waals surface area contributed by atoms with E-state index in [1.54, 1.807) is 11.0 Å². The number of likely N-dealkylation sites (tertiary alicyclic amines) is 1. The molecule has 8 heteroatoms. The highest BCUT2D eigenvalue weighted by Crippen LogP contribution is 2.37. The standard InChI is InChI=1S/C15H20N4O3.ClH/c16-13-11(2-1-3-12(13)19(21)22)14(20)18-8-5-15(6-9-18)4-7-17-10-15;/h1-3,17H,4-10,16H2;1H. The van der Waals surface area contributed by atoms with E-state index in [2.05, 4.69) is 5.32 Å². The Morgan fingerprint density at radius 1 is 1.30 bits per heavy atom. The van der Waals surface area contributed by atoms with Crippen molar-refractivity contribution in [1.82, 2.24) is 10.2 Å². The maximum Gasteiger partial charge on any atom is 0.292 e. The fraction of sp³-hybridized carbons (Fsp3) is 0.533. The Morgan fingerprint density at radius 3 is 2.57 bits per heavy atom. The zero-order valence-corrected chi connectivity index (χ0v) is 13.6. The van der Waals surface area contributed by atoms with Crippen LogP contribution >= 0.6 is 12.4 Å². The minimum Gasteiger partial charge on any atom is -0.393 e. The largest absolute Gasteiger partial charge is 0.393 e. The molecule has 1 amide bonds. The number of carbonyl (C=O) groups excluding carboxylic acids is 1. The lowest BCUT2D eigenvalue weighted by atomic mass is 9.78. The van der Waals surface area contributed by atoms with E-state index in [9.17, 15) is 14.9 Å². The molecule has 1 spiro atoms. The number of amides is 1. The maximum absolute atomic E-state index is 12.6. The van der Waals surface area contributed by atoms with Crippen molar-refractivity contribution in [1.29, 1.82) is 0 Å². The van der Waals surface area contributed by atoms with E-state index < -0.39 is 4.92 Å². The van der Waals surface area contributed by atoms with Crippen molar-refractivity contribution in [2.75, 3.05) is 31.9 Å². The number of halogens is 1. The second-order valence-electron chi connectivity index (χ2n) is 6.21. The summed E-state index contributed by atoms with van der Waals surface area (Å²) in [4.78, 5) is 24.8. The minimum absolute atomic E-state index is 0. The number of para-hydroxylation sites is 1. The highest BCUT2D eigenvalue weighted by atomic mass is 35.5. The van der Waals surface area contributed by atoms with Gasteiger partial charge in [-0.3, -0.25) is 14.9 Å². The first-order chi connectivity index (χ1) is 10.5. The molecule has 3 rings (SSSR count). The van der Waals surface area contributed by atoms with Crippen molar-refractivity contribution < 1.29 is 9.72 Å². The average molecular weight is 341 g/mol. The zero-order valence-electron chi connectivity index (χ0n) is 12.8. The number of nitrogens with two attached hydrogens (primary N) is 1. The quantitative estimate of drug-likeness (QED) is 0.485. The van der Waals surface area contributed by atoms with Crippen molar-refractivity contribution in [2.24, 2.45) is 5.41 Å². The van der Waals surface area contributed by atoms with Gasteiger partial charge >= 0.3 is 0 Å². The Bertz CT molecular complexity index is 607. The maximum atomic E-state index is 12.6. The summed E-state index contributed by atoms with van der Waals surface area (Å²) in [5, 5.41) is 14.3. The minimum atomic E-state index is -0.554. The van der Waals surface area contributed by atoms with Crippen LogP contribution in [0.25, 0.3) is 0 Å². The van der Waals surface area contributed by atoms with Crippen molar-refractivity contribution >= 4 is 29.7 Å². The Balaban J connectivity index is 0.00000192. The molecule has 1 aromatic rings. The van der Waals surface area contributed by atoms with Gasteiger partial charge in [0.05, 0.1) is 10.5 Å². The van der Waals surface area contributed by atoms with Crippen LogP contribution in [0.5, 0.6) is 0 Å². The monoisotopic (exact) mass is 340 g/mol. The Morgan fingerprint density at radius 2 is 2.00 bits per heavy atom. The van der Waals surface area contributed by atoms with Gasteiger partial charge in [-0.05, 0) is 37.3 Å². The zero-order chi connectivity index (χ0) is 15.7. The predicted molar refractivity (Wildman–Crippen MR) is 89.8 cm³/mol. The number of nitro benzene ring substituents is 1. The number of carbonyl (C=O) groups is 1. The third-order valence-electron chi connectivity index (χ3n) is 4.95. The number of benzene rings is 1. The summed E-state index contributed by atoms with van der Waals surface area (Å²) < 4.78 is 0. The Hall–Kier alpha value is -1.86. The highest BCUT2D eigenvalue weighted by molar-refractivity contribution is 6.01. The van der Waals surface area contributed by atoms with Gasteiger partial charge < -0.3 is 16.0 Å². The molecular formula is C15H21ClN4O3. The van der Waals surface area contributed by atoms with Gasteiger partial charge in [-0.2, -0.15) is 0 Å². The number of nitro groups is 1. The van der Waals surface area contributed by atoms with E-state index in [1.807, 2.05) is 0 Å². The molecule has 0 bridgehead atoms. The predicted octanol–water partition coefficient (Wildman–Crippen LogP) is 1.81. The van der Waals surface area contributed by atoms with Gasteiger partial charge in [0.1, 0.15) is 5.69 Å². The van der Waals surface area contributed by atoms with Crippen LogP contribution < -0.4 is 11.1 Å². The van der Waals surface area contributed by atoms with Gasteiger partial charge in [0, 0.05) is 25.7 Å². The molecule has 3 N–H and O–H groups in total. The second kappa shape index (κ2) is 6.72. The number of hydrogen-bond donors (Lipinski definition) is 2. The van der Waals surface area contributed by atoms with Crippen LogP contribution in [-0.2, 0) is 0 Å². The highest BCUT2D eigenvalue weighted by Gasteiger charge is 2.38. The summed E-state index contributed by atoms with van der Waals surface area (Å²) >= 11 is 0. The average Bonchev–Trinajstić information content (AvgIpc) is 2.95. The van der Waals surface area contributed by atoms with Gasteiger partial charge in [0.25, 0.3) is 11.6 Å². The molecule has 0 aliphatic carbocycles. The molecule has 1 aromatic carbocycles. The molecule has 7 nitrogen and oxygen atoms in total. The van der Waals surface area contributed by atoms with Crippen LogP contribution in [0.1, 0.15) is 29.6 Å². The number of nitrogen functional groups attached to an aromatic ring is 1. The fourth-order valence-electron chi connectivity index (χ4n) is 3.48. The molecule has 0 saturated carbocycles. The number of anilines is 1. The molecule has 2 fully saturated rings. The summed E-state index contributed by atoms with van der Waals surface area (Å²) in [6, 6.07) is 4.39. The summed E-state index contributed by atoms with van der Waals surface area (Å²) in [7, 11) is 0. The summed E-state index contributed by atoms with van der Waals surface area (Å²) in [5.41, 5.74) is 6.11. The smallest absolute Gasteiger partial charge is 0.292 e. The lowest BCUT2D eigenvalue weighted by Crippen LogP contribution is -2.44. The molecule has 0 radical (unpaired) electrons. The SMILES string of the molecule is Cl.Nc1c(C(=O)N2CCC3(CCNC3)CC2)cccc1[N+](=O)[O-]. The molecule has 2 aliphatic rings. The summed E-state index contributed by atoms with van der Waals surface area (Å²) in [6.07, 6.45) is 3.11. The van der Waals surface area contributed by atoms with Gasteiger partial charge in [-0.25, -0.2) is 0 Å². The van der Waals surface area contributed by atoms with Crippen LogP contribution in [0, 0.1) is 15.5 Å².